The predicted octanol–water partition coefficient (Wildman–Crippen LogP) is 0.790. The SMILES string of the molecule is Cc1ccc(O)c(CN2CCN(C3CNC3)CC2)c1. The number of nitrogens with one attached hydrogen (secondary N) is 1. The van der Waals surface area contributed by atoms with Gasteiger partial charge in [-0.3, -0.25) is 9.80 Å². The van der Waals surface area contributed by atoms with Gasteiger partial charge in [-0.25, -0.2) is 0 Å². The van der Waals surface area contributed by atoms with Crippen molar-refractivity contribution in [3.63, 3.8) is 0 Å². The van der Waals surface area contributed by atoms with Gasteiger partial charge in [0.15, 0.2) is 0 Å². The van der Waals surface area contributed by atoms with Gasteiger partial charge in [0.2, 0.25) is 0 Å². The fourth-order valence-corrected chi connectivity index (χ4v) is 2.90. The van der Waals surface area contributed by atoms with Gasteiger partial charge in [0.1, 0.15) is 5.75 Å². The van der Waals surface area contributed by atoms with Crippen LogP contribution in [0.3, 0.4) is 0 Å². The molecule has 4 nitrogen and oxygen atoms in total. The second-order valence-electron chi connectivity index (χ2n) is 5.76. The minimum atomic E-state index is 0.427. The summed E-state index contributed by atoms with van der Waals surface area (Å²) in [4.78, 5) is 5.03. The first-order valence-electron chi connectivity index (χ1n) is 7.18. The fraction of sp³-hybridized carbons (Fsp3) is 0.600. The van der Waals surface area contributed by atoms with Crippen LogP contribution in [0.5, 0.6) is 5.75 Å². The molecule has 0 atom stereocenters. The Hall–Kier alpha value is -1.10. The van der Waals surface area contributed by atoms with Gasteiger partial charge in [0.05, 0.1) is 0 Å². The van der Waals surface area contributed by atoms with Gasteiger partial charge >= 0.3 is 0 Å². The molecule has 0 aliphatic carbocycles. The van der Waals surface area contributed by atoms with Crippen LogP contribution in [0, 0.1) is 6.92 Å². The van der Waals surface area contributed by atoms with E-state index in [1.165, 1.54) is 5.56 Å². The van der Waals surface area contributed by atoms with Gasteiger partial charge < -0.3 is 10.4 Å². The Bertz CT molecular complexity index is 437. The molecule has 2 saturated heterocycles. The molecule has 0 aromatic heterocycles. The van der Waals surface area contributed by atoms with Gasteiger partial charge in [-0.15, -0.1) is 0 Å². The topological polar surface area (TPSA) is 38.7 Å². The fourth-order valence-electron chi connectivity index (χ4n) is 2.90. The van der Waals surface area contributed by atoms with Gasteiger partial charge in [-0.1, -0.05) is 17.7 Å². The van der Waals surface area contributed by atoms with E-state index in [0.29, 0.717) is 5.75 Å². The van der Waals surface area contributed by atoms with Crippen molar-refractivity contribution in [2.45, 2.75) is 19.5 Å². The van der Waals surface area contributed by atoms with Crippen molar-refractivity contribution in [3.05, 3.63) is 29.3 Å². The molecular formula is C15H23N3O. The Morgan fingerprint density at radius 3 is 2.58 bits per heavy atom. The molecule has 0 spiro atoms. The smallest absolute Gasteiger partial charge is 0.120 e. The van der Waals surface area contributed by atoms with E-state index in [4.69, 9.17) is 0 Å². The summed E-state index contributed by atoms with van der Waals surface area (Å²) in [6, 6.07) is 6.62. The first kappa shape index (κ1) is 12.9. The van der Waals surface area contributed by atoms with Crippen molar-refractivity contribution >= 4 is 0 Å². The molecule has 104 valence electrons. The molecule has 2 aliphatic rings. The van der Waals surface area contributed by atoms with Gasteiger partial charge in [-0.05, 0) is 13.0 Å². The molecule has 2 fully saturated rings. The number of benzene rings is 1. The number of nitrogens with zero attached hydrogens (tertiary/aromatic N) is 2. The monoisotopic (exact) mass is 261 g/mol. The second kappa shape index (κ2) is 5.49. The zero-order chi connectivity index (χ0) is 13.2. The predicted molar refractivity (Wildman–Crippen MR) is 76.4 cm³/mol. The number of aromatic hydroxyl groups is 1. The average Bonchev–Trinajstić information content (AvgIpc) is 2.34. The molecular weight excluding hydrogens is 238 g/mol. The third kappa shape index (κ3) is 2.91. The maximum absolute atomic E-state index is 9.91. The van der Waals surface area contributed by atoms with Gasteiger partial charge in [-0.2, -0.15) is 0 Å². The molecule has 0 amide bonds. The Kier molecular flexibility index (Phi) is 3.73. The zero-order valence-electron chi connectivity index (χ0n) is 11.6. The second-order valence-corrected chi connectivity index (χ2v) is 5.76. The summed E-state index contributed by atoms with van der Waals surface area (Å²) in [5, 5.41) is 13.2. The molecule has 0 unspecified atom stereocenters. The molecule has 1 aromatic rings. The molecule has 3 rings (SSSR count). The van der Waals surface area contributed by atoms with E-state index in [-0.39, 0.29) is 0 Å². The van der Waals surface area contributed by atoms with Crippen molar-refractivity contribution < 1.29 is 5.11 Å². The average molecular weight is 261 g/mol. The number of hydrogen-bond donors (Lipinski definition) is 2. The number of phenols is 1. The van der Waals surface area contributed by atoms with Crippen LogP contribution in [-0.4, -0.2) is 60.2 Å². The molecule has 4 heteroatoms. The quantitative estimate of drug-likeness (QED) is 0.844. The van der Waals surface area contributed by atoms with E-state index >= 15 is 0 Å². The lowest BCUT2D eigenvalue weighted by atomic mass is 10.1. The van der Waals surface area contributed by atoms with Crippen LogP contribution in [-0.2, 0) is 6.54 Å². The number of hydrogen-bond acceptors (Lipinski definition) is 4. The van der Waals surface area contributed by atoms with Crippen LogP contribution >= 0.6 is 0 Å². The summed E-state index contributed by atoms with van der Waals surface area (Å²) in [5.41, 5.74) is 2.27. The molecule has 2 N–H and O–H groups in total. The van der Waals surface area contributed by atoms with E-state index in [1.54, 1.807) is 6.07 Å². The lowest BCUT2D eigenvalue weighted by Crippen LogP contribution is -2.61. The lowest BCUT2D eigenvalue weighted by molar-refractivity contribution is 0.0692. The molecule has 19 heavy (non-hydrogen) atoms. The molecule has 1 aromatic carbocycles. The highest BCUT2D eigenvalue weighted by molar-refractivity contribution is 5.35. The number of piperazine rings is 1. The van der Waals surface area contributed by atoms with E-state index in [9.17, 15) is 5.11 Å². The first-order chi connectivity index (χ1) is 9.22. The molecule has 0 saturated carbocycles. The minimum Gasteiger partial charge on any atom is -0.508 e. The van der Waals surface area contributed by atoms with Gasteiger partial charge in [0, 0.05) is 57.4 Å². The number of rotatable bonds is 3. The summed E-state index contributed by atoms with van der Waals surface area (Å²) in [6.45, 7) is 9.75. The summed E-state index contributed by atoms with van der Waals surface area (Å²) >= 11 is 0. The highest BCUT2D eigenvalue weighted by Crippen LogP contribution is 2.21. The Morgan fingerprint density at radius 2 is 1.95 bits per heavy atom. The number of aryl methyl sites for hydroxylation is 1. The van der Waals surface area contributed by atoms with E-state index in [1.807, 2.05) is 6.07 Å². The van der Waals surface area contributed by atoms with Crippen LogP contribution < -0.4 is 5.32 Å². The van der Waals surface area contributed by atoms with Crippen molar-refractivity contribution in [1.29, 1.82) is 0 Å². The summed E-state index contributed by atoms with van der Waals surface area (Å²) < 4.78 is 0. The Labute approximate surface area is 115 Å². The standard InChI is InChI=1S/C15H23N3O/c1-12-2-3-15(19)13(8-12)11-17-4-6-18(7-5-17)14-9-16-10-14/h2-3,8,14,16,19H,4-7,9-11H2,1H3. The summed E-state index contributed by atoms with van der Waals surface area (Å²) in [5.74, 6) is 0.427. The van der Waals surface area contributed by atoms with Crippen molar-refractivity contribution in [1.82, 2.24) is 15.1 Å². The normalized spacial score (nSPS) is 22.4. The molecule has 0 bridgehead atoms. The third-order valence-electron chi connectivity index (χ3n) is 4.31. The maximum Gasteiger partial charge on any atom is 0.120 e. The van der Waals surface area contributed by atoms with Crippen molar-refractivity contribution in [2.75, 3.05) is 39.3 Å². The molecule has 0 radical (unpaired) electrons. The van der Waals surface area contributed by atoms with Crippen molar-refractivity contribution in [3.8, 4) is 5.75 Å². The minimum absolute atomic E-state index is 0.427. The summed E-state index contributed by atoms with van der Waals surface area (Å²) in [7, 11) is 0. The lowest BCUT2D eigenvalue weighted by Gasteiger charge is -2.43. The largest absolute Gasteiger partial charge is 0.508 e. The highest BCUT2D eigenvalue weighted by Gasteiger charge is 2.27. The Morgan fingerprint density at radius 1 is 1.21 bits per heavy atom. The Balaban J connectivity index is 1.55. The molecule has 2 heterocycles. The van der Waals surface area contributed by atoms with E-state index < -0.39 is 0 Å². The molecule has 2 aliphatic heterocycles. The third-order valence-corrected chi connectivity index (χ3v) is 4.31. The number of phenolic OH excluding ortho intramolecular Hbond substituents is 1. The van der Waals surface area contributed by atoms with Crippen LogP contribution in [0.25, 0.3) is 0 Å². The van der Waals surface area contributed by atoms with Gasteiger partial charge in [0.25, 0.3) is 0 Å². The van der Waals surface area contributed by atoms with Crippen molar-refractivity contribution in [2.24, 2.45) is 0 Å². The maximum atomic E-state index is 9.91. The van der Waals surface area contributed by atoms with Crippen LogP contribution in [0.2, 0.25) is 0 Å². The van der Waals surface area contributed by atoms with Crippen LogP contribution in [0.1, 0.15) is 11.1 Å². The van der Waals surface area contributed by atoms with Crippen LogP contribution in [0.15, 0.2) is 18.2 Å². The first-order valence-corrected chi connectivity index (χ1v) is 7.18. The van der Waals surface area contributed by atoms with E-state index in [0.717, 1.165) is 57.4 Å². The van der Waals surface area contributed by atoms with E-state index in [2.05, 4.69) is 28.1 Å². The van der Waals surface area contributed by atoms with Crippen LogP contribution in [0.4, 0.5) is 0 Å². The highest BCUT2D eigenvalue weighted by atomic mass is 16.3. The summed E-state index contributed by atoms with van der Waals surface area (Å²) in [6.07, 6.45) is 0. The zero-order valence-corrected chi connectivity index (χ0v) is 11.6.